The summed E-state index contributed by atoms with van der Waals surface area (Å²) >= 11 is 0. The van der Waals surface area contributed by atoms with Gasteiger partial charge in [-0.05, 0) is 90.3 Å². The molecule has 0 amide bonds. The van der Waals surface area contributed by atoms with Gasteiger partial charge in [-0.2, -0.15) is 5.11 Å². The van der Waals surface area contributed by atoms with Gasteiger partial charge >= 0.3 is 0 Å². The second-order valence-corrected chi connectivity index (χ2v) is 11.1. The van der Waals surface area contributed by atoms with Gasteiger partial charge in [-0.25, -0.2) is 0 Å². The zero-order valence-electron chi connectivity index (χ0n) is 25.4. The van der Waals surface area contributed by atoms with E-state index in [1.54, 1.807) is 0 Å². The lowest BCUT2D eigenvalue weighted by molar-refractivity contribution is 0.300. The maximum atomic E-state index is 6.22. The van der Waals surface area contributed by atoms with E-state index in [-0.39, 0.29) is 0 Å². The van der Waals surface area contributed by atoms with Crippen molar-refractivity contribution in [2.75, 3.05) is 6.61 Å². The molecule has 0 aliphatic carbocycles. The van der Waals surface area contributed by atoms with Crippen LogP contribution in [0.25, 0.3) is 11.1 Å². The van der Waals surface area contributed by atoms with Crippen LogP contribution < -0.4 is 4.74 Å². The van der Waals surface area contributed by atoms with Crippen LogP contribution >= 0.6 is 0 Å². The third-order valence-corrected chi connectivity index (χ3v) is 7.55. The maximum Gasteiger partial charge on any atom is 0.122 e. The van der Waals surface area contributed by atoms with Crippen LogP contribution in [0.1, 0.15) is 114 Å². The van der Waals surface area contributed by atoms with Gasteiger partial charge in [-0.1, -0.05) is 109 Å². The molecule has 0 spiro atoms. The quantitative estimate of drug-likeness (QED) is 0.135. The average molecular weight is 527 g/mol. The van der Waals surface area contributed by atoms with E-state index in [0.717, 1.165) is 43.0 Å². The van der Waals surface area contributed by atoms with E-state index >= 15 is 0 Å². The number of hydrogen-bond donors (Lipinski definition) is 0. The van der Waals surface area contributed by atoms with Gasteiger partial charge in [0, 0.05) is 0 Å². The van der Waals surface area contributed by atoms with Gasteiger partial charge < -0.3 is 4.74 Å². The number of benzene rings is 3. The molecule has 3 nitrogen and oxygen atoms in total. The SMILES string of the molecule is CCCCCCCCCCOc1ccc(/N=N/c2c(CC)cc(-c3ccc(C)cc3)cc2CC)cc1C(C)C. The van der Waals surface area contributed by atoms with Crippen molar-refractivity contribution in [1.29, 1.82) is 0 Å². The van der Waals surface area contributed by atoms with Crippen molar-refractivity contribution in [3.05, 3.63) is 76.9 Å². The van der Waals surface area contributed by atoms with Crippen molar-refractivity contribution in [3.63, 3.8) is 0 Å². The van der Waals surface area contributed by atoms with Crippen LogP contribution in [0.15, 0.2) is 64.8 Å². The lowest BCUT2D eigenvalue weighted by atomic mass is 9.95. The van der Waals surface area contributed by atoms with Gasteiger partial charge in [0.15, 0.2) is 0 Å². The lowest BCUT2D eigenvalue weighted by Crippen LogP contribution is -2.01. The molecule has 0 saturated carbocycles. The number of nitrogens with zero attached hydrogens (tertiary/aromatic N) is 2. The second kappa shape index (κ2) is 16.2. The Kier molecular flexibility index (Phi) is 12.7. The molecule has 0 heterocycles. The summed E-state index contributed by atoms with van der Waals surface area (Å²) < 4.78 is 6.22. The Morgan fingerprint density at radius 1 is 0.667 bits per heavy atom. The number of unbranched alkanes of at least 4 members (excludes halogenated alkanes) is 7. The summed E-state index contributed by atoms with van der Waals surface area (Å²) in [6.07, 6.45) is 12.3. The van der Waals surface area contributed by atoms with Gasteiger partial charge in [-0.3, -0.25) is 0 Å². The topological polar surface area (TPSA) is 34.0 Å². The zero-order chi connectivity index (χ0) is 28.0. The number of hydrogen-bond acceptors (Lipinski definition) is 3. The van der Waals surface area contributed by atoms with E-state index in [4.69, 9.17) is 15.0 Å². The third kappa shape index (κ3) is 9.34. The Morgan fingerprint density at radius 3 is 1.87 bits per heavy atom. The Labute approximate surface area is 238 Å². The van der Waals surface area contributed by atoms with Crippen LogP contribution in [0.3, 0.4) is 0 Å². The fraction of sp³-hybridized carbons (Fsp3) is 0.500. The van der Waals surface area contributed by atoms with E-state index in [9.17, 15) is 0 Å². The highest BCUT2D eigenvalue weighted by atomic mass is 16.5. The summed E-state index contributed by atoms with van der Waals surface area (Å²) in [6.45, 7) is 14.0. The number of rotatable bonds is 16. The van der Waals surface area contributed by atoms with Crippen LogP contribution in [0, 0.1) is 6.92 Å². The second-order valence-electron chi connectivity index (χ2n) is 11.1. The van der Waals surface area contributed by atoms with Crippen LogP contribution in [0.2, 0.25) is 0 Å². The van der Waals surface area contributed by atoms with Gasteiger partial charge in [-0.15, -0.1) is 5.11 Å². The van der Waals surface area contributed by atoms with E-state index in [2.05, 4.69) is 90.1 Å². The van der Waals surface area contributed by atoms with Crippen LogP contribution in [0.4, 0.5) is 11.4 Å². The summed E-state index contributed by atoms with van der Waals surface area (Å²) in [7, 11) is 0. The monoisotopic (exact) mass is 526 g/mol. The predicted molar refractivity (Wildman–Crippen MR) is 168 cm³/mol. The molecule has 3 rings (SSSR count). The lowest BCUT2D eigenvalue weighted by Gasteiger charge is -2.15. The van der Waals surface area contributed by atoms with Crippen molar-refractivity contribution < 1.29 is 4.74 Å². The fourth-order valence-corrected chi connectivity index (χ4v) is 5.05. The molecule has 0 bridgehead atoms. The minimum absolute atomic E-state index is 0.361. The summed E-state index contributed by atoms with van der Waals surface area (Å²) in [4.78, 5) is 0. The fourth-order valence-electron chi connectivity index (χ4n) is 5.05. The van der Waals surface area contributed by atoms with E-state index in [1.165, 1.54) is 78.3 Å². The number of azo groups is 1. The minimum Gasteiger partial charge on any atom is -0.493 e. The Morgan fingerprint density at radius 2 is 1.28 bits per heavy atom. The van der Waals surface area contributed by atoms with E-state index in [0.29, 0.717) is 5.92 Å². The molecule has 0 atom stereocenters. The molecule has 0 aromatic heterocycles. The van der Waals surface area contributed by atoms with Crippen LogP contribution in [-0.4, -0.2) is 6.61 Å². The highest BCUT2D eigenvalue weighted by molar-refractivity contribution is 5.70. The molecule has 0 fully saturated rings. The molecule has 3 heteroatoms. The molecule has 0 aliphatic heterocycles. The third-order valence-electron chi connectivity index (χ3n) is 7.55. The first kappa shape index (κ1) is 30.6. The van der Waals surface area contributed by atoms with Crippen molar-refractivity contribution >= 4 is 11.4 Å². The molecule has 0 N–H and O–H groups in total. The standard InChI is InChI=1S/C36H50N2O/c1-7-10-11-12-13-14-15-16-23-39-35-22-21-33(26-34(35)27(4)5)37-38-36-29(8-2)24-32(25-30(36)9-3)31-19-17-28(6)18-20-31/h17-22,24-27H,7-16,23H2,1-6H3/b38-37+. The molecular weight excluding hydrogens is 476 g/mol. The molecule has 0 unspecified atom stereocenters. The van der Waals surface area contributed by atoms with Crippen LogP contribution in [0.5, 0.6) is 5.75 Å². The van der Waals surface area contributed by atoms with Crippen molar-refractivity contribution in [1.82, 2.24) is 0 Å². The molecule has 0 aliphatic rings. The molecule has 39 heavy (non-hydrogen) atoms. The number of aryl methyl sites for hydroxylation is 3. The van der Waals surface area contributed by atoms with E-state index in [1.807, 2.05) is 6.07 Å². The van der Waals surface area contributed by atoms with E-state index < -0.39 is 0 Å². The molecule has 0 saturated heterocycles. The molecule has 0 radical (unpaired) electrons. The first-order chi connectivity index (χ1) is 19.0. The molecule has 3 aromatic carbocycles. The number of ether oxygens (including phenoxy) is 1. The maximum absolute atomic E-state index is 6.22. The largest absolute Gasteiger partial charge is 0.493 e. The van der Waals surface area contributed by atoms with Crippen LogP contribution in [-0.2, 0) is 12.8 Å². The van der Waals surface area contributed by atoms with Gasteiger partial charge in [0.05, 0.1) is 18.0 Å². The predicted octanol–water partition coefficient (Wildman–Crippen LogP) is 11.8. The summed E-state index contributed by atoms with van der Waals surface area (Å²) in [5.74, 6) is 1.35. The van der Waals surface area contributed by atoms with Gasteiger partial charge in [0.1, 0.15) is 5.75 Å². The highest BCUT2D eigenvalue weighted by Gasteiger charge is 2.12. The van der Waals surface area contributed by atoms with Crippen molar-refractivity contribution in [2.45, 2.75) is 112 Å². The smallest absolute Gasteiger partial charge is 0.122 e. The molecule has 3 aromatic rings. The Balaban J connectivity index is 1.69. The van der Waals surface area contributed by atoms with Gasteiger partial charge in [0.25, 0.3) is 0 Å². The normalized spacial score (nSPS) is 11.6. The first-order valence-electron chi connectivity index (χ1n) is 15.4. The molecule has 210 valence electrons. The average Bonchev–Trinajstić information content (AvgIpc) is 2.95. The van der Waals surface area contributed by atoms with Gasteiger partial charge in [0.2, 0.25) is 0 Å². The summed E-state index contributed by atoms with van der Waals surface area (Å²) in [6, 6.07) is 19.6. The Bertz CT molecular complexity index is 1150. The van der Waals surface area contributed by atoms with Crippen molar-refractivity contribution in [3.8, 4) is 16.9 Å². The minimum atomic E-state index is 0.361. The highest BCUT2D eigenvalue weighted by Crippen LogP contribution is 2.35. The zero-order valence-corrected chi connectivity index (χ0v) is 25.4. The molecular formula is C36H50N2O. The summed E-state index contributed by atoms with van der Waals surface area (Å²) in [5, 5.41) is 9.52. The summed E-state index contributed by atoms with van der Waals surface area (Å²) in [5.41, 5.74) is 9.35. The Hall–Kier alpha value is -2.94. The first-order valence-corrected chi connectivity index (χ1v) is 15.4. The van der Waals surface area contributed by atoms with Crippen molar-refractivity contribution in [2.24, 2.45) is 10.2 Å².